The van der Waals surface area contributed by atoms with Crippen molar-refractivity contribution in [3.05, 3.63) is 76.7 Å². The number of rotatable bonds is 4. The summed E-state index contributed by atoms with van der Waals surface area (Å²) in [5.74, 6) is 1.26. The van der Waals surface area contributed by atoms with Gasteiger partial charge in [-0.15, -0.1) is 0 Å². The van der Waals surface area contributed by atoms with Crippen molar-refractivity contribution in [3.63, 3.8) is 0 Å². The van der Waals surface area contributed by atoms with E-state index in [-0.39, 0.29) is 11.9 Å². The standard InChI is InChI=1S/C23H25FN4/c1-4-21-15(2)22(27-23(26-21)25-19-11-9-18(24)10-12-19)28-14-13-17-7-5-6-8-20(17)16(28)3/h5-12,16H,4,13-14H2,1-3H3,(H,25,26,27). The van der Waals surface area contributed by atoms with Crippen LogP contribution in [0.25, 0.3) is 0 Å². The molecule has 1 aliphatic heterocycles. The van der Waals surface area contributed by atoms with Gasteiger partial charge in [-0.05, 0) is 62.1 Å². The number of hydrogen-bond donors (Lipinski definition) is 1. The topological polar surface area (TPSA) is 41.1 Å². The molecule has 0 spiro atoms. The molecule has 2 aromatic carbocycles. The zero-order valence-electron chi connectivity index (χ0n) is 16.5. The molecule has 0 saturated carbocycles. The van der Waals surface area contributed by atoms with Crippen molar-refractivity contribution >= 4 is 17.5 Å². The first-order valence-electron chi connectivity index (χ1n) is 9.81. The number of nitrogens with zero attached hydrogens (tertiary/aromatic N) is 3. The zero-order valence-corrected chi connectivity index (χ0v) is 16.5. The lowest BCUT2D eigenvalue weighted by Crippen LogP contribution is -2.35. The van der Waals surface area contributed by atoms with E-state index in [1.807, 2.05) is 0 Å². The van der Waals surface area contributed by atoms with Gasteiger partial charge in [-0.25, -0.2) is 9.37 Å². The first kappa shape index (κ1) is 18.4. The van der Waals surface area contributed by atoms with Gasteiger partial charge in [-0.2, -0.15) is 4.98 Å². The molecular formula is C23H25FN4. The number of fused-ring (bicyclic) bond motifs is 1. The predicted molar refractivity (Wildman–Crippen MR) is 112 cm³/mol. The molecule has 0 bridgehead atoms. The summed E-state index contributed by atoms with van der Waals surface area (Å²) in [5, 5.41) is 3.23. The highest BCUT2D eigenvalue weighted by Crippen LogP contribution is 2.35. The molecule has 0 amide bonds. The zero-order chi connectivity index (χ0) is 19.7. The quantitative estimate of drug-likeness (QED) is 0.666. The molecule has 0 fully saturated rings. The van der Waals surface area contributed by atoms with Gasteiger partial charge in [-0.1, -0.05) is 31.2 Å². The molecule has 2 heterocycles. The van der Waals surface area contributed by atoms with Crippen LogP contribution in [0.15, 0.2) is 48.5 Å². The second-order valence-corrected chi connectivity index (χ2v) is 7.25. The summed E-state index contributed by atoms with van der Waals surface area (Å²) < 4.78 is 13.2. The third-order valence-corrected chi connectivity index (χ3v) is 5.52. The number of aryl methyl sites for hydroxylation is 1. The molecule has 1 atom stereocenters. The summed E-state index contributed by atoms with van der Waals surface area (Å²) in [6, 6.07) is 15.1. The van der Waals surface area contributed by atoms with Gasteiger partial charge in [0, 0.05) is 17.8 Å². The van der Waals surface area contributed by atoms with Crippen molar-refractivity contribution in [2.45, 2.75) is 39.7 Å². The van der Waals surface area contributed by atoms with E-state index in [4.69, 9.17) is 9.97 Å². The van der Waals surface area contributed by atoms with Crippen molar-refractivity contribution in [1.29, 1.82) is 0 Å². The van der Waals surface area contributed by atoms with Gasteiger partial charge in [0.15, 0.2) is 0 Å². The molecule has 0 radical (unpaired) electrons. The number of halogens is 1. The van der Waals surface area contributed by atoms with Crippen molar-refractivity contribution in [2.75, 3.05) is 16.8 Å². The maximum atomic E-state index is 13.2. The Hall–Kier alpha value is -2.95. The number of hydrogen-bond acceptors (Lipinski definition) is 4. The first-order chi connectivity index (χ1) is 13.6. The third-order valence-electron chi connectivity index (χ3n) is 5.52. The van der Waals surface area contributed by atoms with Crippen LogP contribution in [0.4, 0.5) is 21.8 Å². The van der Waals surface area contributed by atoms with E-state index in [1.165, 1.54) is 23.3 Å². The van der Waals surface area contributed by atoms with Gasteiger partial charge in [0.25, 0.3) is 0 Å². The molecule has 4 nitrogen and oxygen atoms in total. The molecule has 0 saturated heterocycles. The number of aromatic nitrogens is 2. The maximum Gasteiger partial charge on any atom is 0.229 e. The fourth-order valence-corrected chi connectivity index (χ4v) is 3.95. The summed E-state index contributed by atoms with van der Waals surface area (Å²) >= 11 is 0. The summed E-state index contributed by atoms with van der Waals surface area (Å²) in [6.07, 6.45) is 1.84. The van der Waals surface area contributed by atoms with Crippen LogP contribution in [0.1, 0.15) is 42.3 Å². The normalized spacial score (nSPS) is 16.0. The SMILES string of the molecule is CCc1nc(Nc2ccc(F)cc2)nc(N2CCc3ccccc3C2C)c1C. The summed E-state index contributed by atoms with van der Waals surface area (Å²) in [6.45, 7) is 7.37. The Kier molecular flexibility index (Phi) is 4.99. The Balaban J connectivity index is 1.71. The lowest BCUT2D eigenvalue weighted by Gasteiger charge is -2.37. The van der Waals surface area contributed by atoms with E-state index in [1.54, 1.807) is 12.1 Å². The van der Waals surface area contributed by atoms with Crippen molar-refractivity contribution in [2.24, 2.45) is 0 Å². The Labute approximate surface area is 165 Å². The monoisotopic (exact) mass is 376 g/mol. The van der Waals surface area contributed by atoms with E-state index in [0.29, 0.717) is 5.95 Å². The van der Waals surface area contributed by atoms with Gasteiger partial charge in [0.1, 0.15) is 11.6 Å². The Morgan fingerprint density at radius 2 is 1.86 bits per heavy atom. The minimum absolute atomic E-state index is 0.252. The predicted octanol–water partition coefficient (Wildman–Crippen LogP) is 5.35. The van der Waals surface area contributed by atoms with E-state index in [2.05, 4.69) is 55.3 Å². The van der Waals surface area contributed by atoms with Crippen LogP contribution < -0.4 is 10.2 Å². The highest BCUT2D eigenvalue weighted by atomic mass is 19.1. The van der Waals surface area contributed by atoms with E-state index in [0.717, 1.165) is 42.1 Å². The summed E-state index contributed by atoms with van der Waals surface area (Å²) in [4.78, 5) is 11.9. The third kappa shape index (κ3) is 3.44. The average molecular weight is 376 g/mol. The van der Waals surface area contributed by atoms with Gasteiger partial charge in [-0.3, -0.25) is 0 Å². The molecule has 1 aliphatic rings. The van der Waals surface area contributed by atoms with Gasteiger partial charge in [0.05, 0.1) is 11.7 Å². The van der Waals surface area contributed by atoms with E-state index >= 15 is 0 Å². The molecule has 0 aliphatic carbocycles. The molecule has 1 aromatic heterocycles. The molecule has 144 valence electrons. The van der Waals surface area contributed by atoms with Crippen LogP contribution in [0, 0.1) is 12.7 Å². The second kappa shape index (κ2) is 7.58. The fourth-order valence-electron chi connectivity index (χ4n) is 3.95. The smallest absolute Gasteiger partial charge is 0.229 e. The van der Waals surface area contributed by atoms with Gasteiger partial charge >= 0.3 is 0 Å². The van der Waals surface area contributed by atoms with Crippen LogP contribution in [-0.4, -0.2) is 16.5 Å². The van der Waals surface area contributed by atoms with Gasteiger partial charge in [0.2, 0.25) is 5.95 Å². The van der Waals surface area contributed by atoms with E-state index < -0.39 is 0 Å². The lowest BCUT2D eigenvalue weighted by atomic mass is 9.93. The van der Waals surface area contributed by atoms with Crippen molar-refractivity contribution in [3.8, 4) is 0 Å². The Morgan fingerprint density at radius 1 is 1.11 bits per heavy atom. The Morgan fingerprint density at radius 3 is 2.61 bits per heavy atom. The summed E-state index contributed by atoms with van der Waals surface area (Å²) in [5.41, 5.74) is 5.70. The molecular weight excluding hydrogens is 351 g/mol. The molecule has 5 heteroatoms. The number of anilines is 3. The minimum Gasteiger partial charge on any atom is -0.349 e. The molecule has 3 aromatic rings. The summed E-state index contributed by atoms with van der Waals surface area (Å²) in [7, 11) is 0. The van der Waals surface area contributed by atoms with Crippen LogP contribution in [0.5, 0.6) is 0 Å². The molecule has 4 rings (SSSR count). The van der Waals surface area contributed by atoms with Crippen molar-refractivity contribution in [1.82, 2.24) is 9.97 Å². The second-order valence-electron chi connectivity index (χ2n) is 7.25. The average Bonchev–Trinajstić information content (AvgIpc) is 2.71. The molecule has 1 unspecified atom stereocenters. The minimum atomic E-state index is -0.258. The van der Waals surface area contributed by atoms with Crippen LogP contribution in [0.3, 0.4) is 0 Å². The highest BCUT2D eigenvalue weighted by molar-refractivity contribution is 5.59. The maximum absolute atomic E-state index is 13.2. The van der Waals surface area contributed by atoms with Gasteiger partial charge < -0.3 is 10.2 Å². The largest absolute Gasteiger partial charge is 0.349 e. The molecule has 1 N–H and O–H groups in total. The number of benzene rings is 2. The van der Waals surface area contributed by atoms with Crippen LogP contribution in [0.2, 0.25) is 0 Å². The molecule has 28 heavy (non-hydrogen) atoms. The van der Waals surface area contributed by atoms with Crippen molar-refractivity contribution < 1.29 is 4.39 Å². The number of nitrogens with one attached hydrogen (secondary N) is 1. The lowest BCUT2D eigenvalue weighted by molar-refractivity contribution is 0.614. The highest BCUT2D eigenvalue weighted by Gasteiger charge is 2.27. The first-order valence-corrected chi connectivity index (χ1v) is 9.81. The Bertz CT molecular complexity index is 984. The van der Waals surface area contributed by atoms with Crippen LogP contribution >= 0.6 is 0 Å². The fraction of sp³-hybridized carbons (Fsp3) is 0.304. The van der Waals surface area contributed by atoms with E-state index in [9.17, 15) is 4.39 Å². The van der Waals surface area contributed by atoms with Crippen LogP contribution in [-0.2, 0) is 12.8 Å².